The van der Waals surface area contributed by atoms with Crippen molar-refractivity contribution < 1.29 is 4.39 Å². The van der Waals surface area contributed by atoms with Gasteiger partial charge in [-0.05, 0) is 56.4 Å². The molecule has 3 nitrogen and oxygen atoms in total. The number of rotatable bonds is 5. The molecule has 4 rings (SSSR count). The van der Waals surface area contributed by atoms with E-state index in [1.165, 1.54) is 17.0 Å². The van der Waals surface area contributed by atoms with Crippen LogP contribution in [-0.4, -0.2) is 29.0 Å². The fourth-order valence-electron chi connectivity index (χ4n) is 3.26. The molecule has 0 spiro atoms. The monoisotopic (exact) mass is 379 g/mol. The van der Waals surface area contributed by atoms with Crippen molar-refractivity contribution in [3.05, 3.63) is 76.7 Å². The van der Waals surface area contributed by atoms with Crippen molar-refractivity contribution in [1.29, 1.82) is 0 Å². The average Bonchev–Trinajstić information content (AvgIpc) is 3.29. The van der Waals surface area contributed by atoms with E-state index in [9.17, 15) is 4.39 Å². The number of hydrogen-bond acceptors (Lipinski definition) is 3. The summed E-state index contributed by atoms with van der Waals surface area (Å²) in [5.41, 5.74) is 5.08. The van der Waals surface area contributed by atoms with Gasteiger partial charge in [0.15, 0.2) is 0 Å². The van der Waals surface area contributed by atoms with Crippen molar-refractivity contribution in [2.45, 2.75) is 19.4 Å². The molecule has 1 N–H and O–H groups in total. The third kappa shape index (κ3) is 3.53. The molecule has 0 saturated heterocycles. The topological polar surface area (TPSA) is 31.9 Å². The SMILES string of the molecule is CC(c1c[nH]c2ccc(-c3nc(Cc4ccccc4F)cs3)cc12)N(C)C. The number of benzene rings is 2. The number of hydrogen-bond donors (Lipinski definition) is 1. The molecule has 2 heterocycles. The van der Waals surface area contributed by atoms with Gasteiger partial charge in [0.25, 0.3) is 0 Å². The predicted octanol–water partition coefficient (Wildman–Crippen LogP) is 5.64. The maximum Gasteiger partial charge on any atom is 0.126 e. The highest BCUT2D eigenvalue weighted by atomic mass is 32.1. The van der Waals surface area contributed by atoms with Gasteiger partial charge in [0.2, 0.25) is 0 Å². The second-order valence-electron chi connectivity index (χ2n) is 7.06. The number of nitrogens with zero attached hydrogens (tertiary/aromatic N) is 2. The van der Waals surface area contributed by atoms with Crippen LogP contribution in [0.3, 0.4) is 0 Å². The van der Waals surface area contributed by atoms with Crippen LogP contribution in [0.2, 0.25) is 0 Å². The number of halogens is 1. The largest absolute Gasteiger partial charge is 0.361 e. The second-order valence-corrected chi connectivity index (χ2v) is 7.91. The maximum absolute atomic E-state index is 13.9. The zero-order chi connectivity index (χ0) is 19.0. The van der Waals surface area contributed by atoms with Gasteiger partial charge >= 0.3 is 0 Å². The van der Waals surface area contributed by atoms with Gasteiger partial charge in [-0.15, -0.1) is 11.3 Å². The molecule has 5 heteroatoms. The Morgan fingerprint density at radius 2 is 2.00 bits per heavy atom. The third-order valence-electron chi connectivity index (χ3n) is 5.07. The summed E-state index contributed by atoms with van der Waals surface area (Å²) in [6.45, 7) is 2.20. The van der Waals surface area contributed by atoms with Crippen LogP contribution in [0.25, 0.3) is 21.5 Å². The molecule has 0 aliphatic rings. The second kappa shape index (κ2) is 7.25. The summed E-state index contributed by atoms with van der Waals surface area (Å²) in [4.78, 5) is 10.3. The Hall–Kier alpha value is -2.50. The molecule has 0 aliphatic heterocycles. The molecule has 0 aliphatic carbocycles. The first-order chi connectivity index (χ1) is 13.0. The Morgan fingerprint density at radius 1 is 1.19 bits per heavy atom. The lowest BCUT2D eigenvalue weighted by molar-refractivity contribution is 0.323. The van der Waals surface area contributed by atoms with E-state index in [0.717, 1.165) is 21.8 Å². The first-order valence-corrected chi connectivity index (χ1v) is 9.86. The first kappa shape index (κ1) is 17.9. The van der Waals surface area contributed by atoms with E-state index >= 15 is 0 Å². The Labute approximate surface area is 162 Å². The Morgan fingerprint density at radius 3 is 2.78 bits per heavy atom. The van der Waals surface area contributed by atoms with Crippen LogP contribution < -0.4 is 0 Å². The predicted molar refractivity (Wildman–Crippen MR) is 111 cm³/mol. The summed E-state index contributed by atoms with van der Waals surface area (Å²) in [5, 5.41) is 4.21. The zero-order valence-electron chi connectivity index (χ0n) is 15.7. The van der Waals surface area contributed by atoms with Gasteiger partial charge in [-0.1, -0.05) is 18.2 Å². The molecular weight excluding hydrogens is 357 g/mol. The minimum Gasteiger partial charge on any atom is -0.361 e. The molecule has 0 amide bonds. The fraction of sp³-hybridized carbons (Fsp3) is 0.227. The molecule has 0 bridgehead atoms. The van der Waals surface area contributed by atoms with Gasteiger partial charge in [0, 0.05) is 40.5 Å². The number of nitrogens with one attached hydrogen (secondary N) is 1. The highest BCUT2D eigenvalue weighted by Crippen LogP contribution is 2.32. The van der Waals surface area contributed by atoms with Gasteiger partial charge < -0.3 is 9.88 Å². The van der Waals surface area contributed by atoms with E-state index in [1.807, 2.05) is 17.5 Å². The first-order valence-electron chi connectivity index (χ1n) is 8.98. The number of aromatic nitrogens is 2. The van der Waals surface area contributed by atoms with Crippen LogP contribution in [0, 0.1) is 5.82 Å². The maximum atomic E-state index is 13.9. The zero-order valence-corrected chi connectivity index (χ0v) is 16.5. The van der Waals surface area contributed by atoms with Crippen molar-refractivity contribution in [1.82, 2.24) is 14.9 Å². The summed E-state index contributed by atoms with van der Waals surface area (Å²) in [5.74, 6) is -0.178. The van der Waals surface area contributed by atoms with Crippen LogP contribution in [-0.2, 0) is 6.42 Å². The van der Waals surface area contributed by atoms with Crippen molar-refractivity contribution in [3.8, 4) is 10.6 Å². The normalized spacial score (nSPS) is 12.8. The molecule has 2 aromatic heterocycles. The van der Waals surface area contributed by atoms with Gasteiger partial charge in [-0.2, -0.15) is 0 Å². The quantitative estimate of drug-likeness (QED) is 0.486. The lowest BCUT2D eigenvalue weighted by Crippen LogP contribution is -2.16. The smallest absolute Gasteiger partial charge is 0.126 e. The lowest BCUT2D eigenvalue weighted by atomic mass is 10.0. The van der Waals surface area contributed by atoms with Gasteiger partial charge in [-0.3, -0.25) is 0 Å². The molecule has 0 radical (unpaired) electrons. The summed E-state index contributed by atoms with van der Waals surface area (Å²) in [7, 11) is 4.17. The Balaban J connectivity index is 1.66. The number of fused-ring (bicyclic) bond motifs is 1. The van der Waals surface area contributed by atoms with Crippen LogP contribution in [0.1, 0.15) is 29.8 Å². The third-order valence-corrected chi connectivity index (χ3v) is 6.01. The summed E-state index contributed by atoms with van der Waals surface area (Å²) in [6, 6.07) is 13.6. The fourth-order valence-corrected chi connectivity index (χ4v) is 4.07. The van der Waals surface area contributed by atoms with Gasteiger partial charge in [-0.25, -0.2) is 9.37 Å². The van der Waals surface area contributed by atoms with E-state index in [-0.39, 0.29) is 5.82 Å². The molecular formula is C22H22FN3S. The number of thiazole rings is 1. The molecule has 0 fully saturated rings. The van der Waals surface area contributed by atoms with Crippen LogP contribution in [0.15, 0.2) is 54.0 Å². The van der Waals surface area contributed by atoms with Crippen molar-refractivity contribution in [3.63, 3.8) is 0 Å². The number of aromatic amines is 1. The summed E-state index contributed by atoms with van der Waals surface area (Å²) in [6.07, 6.45) is 2.60. The van der Waals surface area contributed by atoms with Gasteiger partial charge in [0.1, 0.15) is 10.8 Å². The highest BCUT2D eigenvalue weighted by molar-refractivity contribution is 7.13. The Bertz CT molecular complexity index is 1080. The van der Waals surface area contributed by atoms with E-state index in [0.29, 0.717) is 18.0 Å². The summed E-state index contributed by atoms with van der Waals surface area (Å²) < 4.78 is 13.9. The highest BCUT2D eigenvalue weighted by Gasteiger charge is 2.15. The molecule has 1 atom stereocenters. The van der Waals surface area contributed by atoms with Crippen molar-refractivity contribution in [2.24, 2.45) is 0 Å². The van der Waals surface area contributed by atoms with E-state index in [4.69, 9.17) is 4.98 Å². The average molecular weight is 380 g/mol. The molecule has 0 saturated carbocycles. The molecule has 1 unspecified atom stereocenters. The molecule has 138 valence electrons. The van der Waals surface area contributed by atoms with E-state index in [2.05, 4.69) is 55.3 Å². The molecule has 2 aromatic carbocycles. The van der Waals surface area contributed by atoms with Crippen LogP contribution >= 0.6 is 11.3 Å². The van der Waals surface area contributed by atoms with Crippen LogP contribution in [0.5, 0.6) is 0 Å². The number of H-pyrrole nitrogens is 1. The summed E-state index contributed by atoms with van der Waals surface area (Å²) >= 11 is 1.61. The molecule has 4 aromatic rings. The van der Waals surface area contributed by atoms with Gasteiger partial charge in [0.05, 0.1) is 5.69 Å². The Kier molecular flexibility index (Phi) is 4.81. The standard InChI is InChI=1S/C22H22FN3S/c1-14(26(2)3)19-12-24-21-9-8-16(11-18(19)21)22-25-17(13-27-22)10-15-6-4-5-7-20(15)23/h4-9,11-14,24H,10H2,1-3H3. The van der Waals surface area contributed by atoms with Crippen molar-refractivity contribution in [2.75, 3.05) is 14.1 Å². The minimum absolute atomic E-state index is 0.178. The van der Waals surface area contributed by atoms with Crippen LogP contribution in [0.4, 0.5) is 4.39 Å². The molecule has 27 heavy (non-hydrogen) atoms. The van der Waals surface area contributed by atoms with E-state index in [1.54, 1.807) is 17.4 Å². The van der Waals surface area contributed by atoms with Crippen molar-refractivity contribution >= 4 is 22.2 Å². The minimum atomic E-state index is -0.178. The van der Waals surface area contributed by atoms with E-state index < -0.39 is 0 Å². The lowest BCUT2D eigenvalue weighted by Gasteiger charge is -2.19.